The number of aromatic carboxylic acids is 1. The molecule has 1 heterocycles. The van der Waals surface area contributed by atoms with Gasteiger partial charge in [-0.1, -0.05) is 0 Å². The zero-order chi connectivity index (χ0) is 16.7. The van der Waals surface area contributed by atoms with Crippen molar-refractivity contribution in [3.63, 3.8) is 0 Å². The number of hydrogen-bond donors (Lipinski definition) is 2. The van der Waals surface area contributed by atoms with Gasteiger partial charge in [0.05, 0.1) is 0 Å². The Balaban J connectivity index is 2.30. The van der Waals surface area contributed by atoms with Crippen LogP contribution in [0.2, 0.25) is 0 Å². The lowest BCUT2D eigenvalue weighted by Gasteiger charge is -2.19. The molecular weight excluding hydrogens is 304 g/mol. The zero-order valence-electron chi connectivity index (χ0n) is 11.9. The highest BCUT2D eigenvalue weighted by molar-refractivity contribution is 5.95. The van der Waals surface area contributed by atoms with Crippen LogP contribution in [0.4, 0.5) is 19.3 Å². The molecule has 1 aromatic rings. The van der Waals surface area contributed by atoms with Crippen LogP contribution in [-0.4, -0.2) is 29.1 Å². The second-order valence-electron chi connectivity index (χ2n) is 5.45. The molecule has 9 heteroatoms. The van der Waals surface area contributed by atoms with Crippen molar-refractivity contribution in [3.8, 4) is 11.5 Å². The molecule has 0 radical (unpaired) electrons. The van der Waals surface area contributed by atoms with Crippen molar-refractivity contribution in [2.75, 3.05) is 5.32 Å². The Morgan fingerprint density at radius 2 is 1.91 bits per heavy atom. The van der Waals surface area contributed by atoms with Crippen LogP contribution in [0, 0.1) is 0 Å². The monoisotopic (exact) mass is 317 g/mol. The summed E-state index contributed by atoms with van der Waals surface area (Å²) < 4.78 is 39.4. The van der Waals surface area contributed by atoms with Crippen LogP contribution in [0.25, 0.3) is 0 Å². The van der Waals surface area contributed by atoms with Gasteiger partial charge in [0.2, 0.25) is 0 Å². The van der Waals surface area contributed by atoms with Crippen molar-refractivity contribution in [2.24, 2.45) is 0 Å². The fraction of sp³-hybridized carbons (Fsp3) is 0.385. The second kappa shape index (κ2) is 5.00. The highest BCUT2D eigenvalue weighted by atomic mass is 19.3. The van der Waals surface area contributed by atoms with E-state index in [1.54, 1.807) is 20.8 Å². The summed E-state index contributed by atoms with van der Waals surface area (Å²) in [7, 11) is 0. The Bertz CT molecular complexity index is 638. The van der Waals surface area contributed by atoms with Crippen molar-refractivity contribution in [3.05, 3.63) is 17.7 Å². The number of carbonyl (C=O) groups excluding carboxylic acids is 1. The Morgan fingerprint density at radius 1 is 1.27 bits per heavy atom. The minimum atomic E-state index is -3.96. The Kier molecular flexibility index (Phi) is 3.59. The molecule has 0 atom stereocenters. The minimum absolute atomic E-state index is 0.0771. The number of halogens is 2. The van der Waals surface area contributed by atoms with E-state index in [2.05, 4.69) is 14.8 Å². The van der Waals surface area contributed by atoms with Crippen LogP contribution in [0.5, 0.6) is 11.5 Å². The summed E-state index contributed by atoms with van der Waals surface area (Å²) in [5, 5.41) is 11.3. The van der Waals surface area contributed by atoms with Gasteiger partial charge in [0.15, 0.2) is 11.5 Å². The number of amides is 1. The molecule has 7 nitrogen and oxygen atoms in total. The number of hydrogen-bond acceptors (Lipinski definition) is 5. The van der Waals surface area contributed by atoms with Gasteiger partial charge in [0.1, 0.15) is 11.2 Å². The van der Waals surface area contributed by atoms with Crippen molar-refractivity contribution in [1.82, 2.24) is 0 Å². The van der Waals surface area contributed by atoms with Crippen molar-refractivity contribution < 1.29 is 37.7 Å². The van der Waals surface area contributed by atoms with Crippen LogP contribution >= 0.6 is 0 Å². The van der Waals surface area contributed by atoms with E-state index in [0.29, 0.717) is 0 Å². The van der Waals surface area contributed by atoms with E-state index in [1.807, 2.05) is 0 Å². The summed E-state index contributed by atoms with van der Waals surface area (Å²) in [5.74, 6) is -2.60. The number of rotatable bonds is 2. The molecule has 120 valence electrons. The molecule has 0 bridgehead atoms. The van der Waals surface area contributed by atoms with Gasteiger partial charge < -0.3 is 19.3 Å². The molecule has 0 aliphatic carbocycles. The molecule has 1 amide bonds. The fourth-order valence-electron chi connectivity index (χ4n) is 1.70. The number of benzene rings is 1. The summed E-state index contributed by atoms with van der Waals surface area (Å²) >= 11 is 0. The second-order valence-corrected chi connectivity index (χ2v) is 5.45. The molecule has 0 unspecified atom stereocenters. The van der Waals surface area contributed by atoms with Crippen molar-refractivity contribution >= 4 is 17.7 Å². The van der Waals surface area contributed by atoms with Gasteiger partial charge in [-0.2, -0.15) is 0 Å². The van der Waals surface area contributed by atoms with E-state index in [4.69, 9.17) is 9.84 Å². The summed E-state index contributed by atoms with van der Waals surface area (Å²) in [6, 6.07) is 1.99. The smallest absolute Gasteiger partial charge is 0.478 e. The largest absolute Gasteiger partial charge is 0.586 e. The van der Waals surface area contributed by atoms with Crippen molar-refractivity contribution in [1.29, 1.82) is 0 Å². The standard InChI is InChI=1S/C13H13F2NO6/c1-12(2,3)22-11(19)16-6-4-7(10(17)18)9-8(5-6)20-13(14,15)21-9/h4-5H,1-3H3,(H,16,19)(H,17,18). The van der Waals surface area contributed by atoms with Gasteiger partial charge in [-0.05, 0) is 26.8 Å². The van der Waals surface area contributed by atoms with E-state index >= 15 is 0 Å². The van der Waals surface area contributed by atoms with E-state index in [1.165, 1.54) is 0 Å². The summed E-state index contributed by atoms with van der Waals surface area (Å²) in [4.78, 5) is 22.7. The number of alkyl halides is 2. The van der Waals surface area contributed by atoms with Gasteiger partial charge in [-0.3, -0.25) is 5.32 Å². The third-order valence-corrected chi connectivity index (χ3v) is 2.38. The minimum Gasteiger partial charge on any atom is -0.478 e. The van der Waals surface area contributed by atoms with Crippen LogP contribution in [0.3, 0.4) is 0 Å². The van der Waals surface area contributed by atoms with E-state index < -0.39 is 41.0 Å². The molecule has 0 aromatic heterocycles. The Labute approximate surface area is 123 Å². The highest BCUT2D eigenvalue weighted by Gasteiger charge is 2.45. The number of carboxylic acid groups (broad SMARTS) is 1. The molecule has 0 fully saturated rings. The lowest BCUT2D eigenvalue weighted by Crippen LogP contribution is -2.27. The average Bonchev–Trinajstić information content (AvgIpc) is 2.58. The Hall–Kier alpha value is -2.58. The molecule has 0 spiro atoms. The predicted molar refractivity (Wildman–Crippen MR) is 69.5 cm³/mol. The maximum Gasteiger partial charge on any atom is 0.586 e. The summed E-state index contributed by atoms with van der Waals surface area (Å²) in [6.07, 6.45) is -4.83. The van der Waals surface area contributed by atoms with E-state index in [-0.39, 0.29) is 5.69 Å². The Morgan fingerprint density at radius 3 is 2.45 bits per heavy atom. The molecule has 1 aromatic carbocycles. The fourth-order valence-corrected chi connectivity index (χ4v) is 1.70. The first-order valence-corrected chi connectivity index (χ1v) is 6.14. The first-order valence-electron chi connectivity index (χ1n) is 6.14. The first-order chi connectivity index (χ1) is 9.97. The molecule has 2 rings (SSSR count). The van der Waals surface area contributed by atoms with Gasteiger partial charge in [-0.25, -0.2) is 9.59 Å². The maximum absolute atomic E-state index is 13.0. The quantitative estimate of drug-likeness (QED) is 0.870. The summed E-state index contributed by atoms with van der Waals surface area (Å²) in [5.41, 5.74) is -1.42. The van der Waals surface area contributed by atoms with Crippen molar-refractivity contribution in [2.45, 2.75) is 32.7 Å². The first kappa shape index (κ1) is 15.8. The van der Waals surface area contributed by atoms with Crippen LogP contribution in [0.1, 0.15) is 31.1 Å². The lowest BCUT2D eigenvalue weighted by atomic mass is 10.1. The number of ether oxygens (including phenoxy) is 3. The number of fused-ring (bicyclic) bond motifs is 1. The molecule has 22 heavy (non-hydrogen) atoms. The molecular formula is C13H13F2NO6. The molecule has 1 aliphatic heterocycles. The van der Waals surface area contributed by atoms with E-state index in [0.717, 1.165) is 12.1 Å². The predicted octanol–water partition coefficient (Wildman–Crippen LogP) is 3.05. The van der Waals surface area contributed by atoms with Crippen LogP contribution in [-0.2, 0) is 4.74 Å². The van der Waals surface area contributed by atoms with Crippen LogP contribution < -0.4 is 14.8 Å². The molecule has 1 aliphatic rings. The number of nitrogens with one attached hydrogen (secondary N) is 1. The van der Waals surface area contributed by atoms with Gasteiger partial charge in [-0.15, -0.1) is 8.78 Å². The third-order valence-electron chi connectivity index (χ3n) is 2.38. The molecule has 0 saturated heterocycles. The molecule has 0 saturated carbocycles. The van der Waals surface area contributed by atoms with Gasteiger partial charge >= 0.3 is 18.4 Å². The van der Waals surface area contributed by atoms with Gasteiger partial charge in [0.25, 0.3) is 0 Å². The SMILES string of the molecule is CC(C)(C)OC(=O)Nc1cc2c(c(C(=O)O)c1)OC(F)(F)O2. The van der Waals surface area contributed by atoms with E-state index in [9.17, 15) is 18.4 Å². The maximum atomic E-state index is 13.0. The number of anilines is 1. The zero-order valence-corrected chi connectivity index (χ0v) is 11.9. The third kappa shape index (κ3) is 3.54. The molecule has 2 N–H and O–H groups in total. The number of carboxylic acids is 1. The highest BCUT2D eigenvalue weighted by Crippen LogP contribution is 2.45. The average molecular weight is 317 g/mol. The van der Waals surface area contributed by atoms with Gasteiger partial charge in [0, 0.05) is 11.8 Å². The number of carbonyl (C=O) groups is 2. The normalized spacial score (nSPS) is 15.3. The van der Waals surface area contributed by atoms with Crippen LogP contribution in [0.15, 0.2) is 12.1 Å². The lowest BCUT2D eigenvalue weighted by molar-refractivity contribution is -0.286. The summed E-state index contributed by atoms with van der Waals surface area (Å²) in [6.45, 7) is 4.90. The topological polar surface area (TPSA) is 94.1 Å².